The number of fused-ring (bicyclic) bond motifs is 1. The standard InChI is InChI=1S/C17H13Cl2NO5/c1-9(16(21)20-13-7-11(18)3-4-12(13)19)25-17(22)10-2-5-14-15(6-10)24-8-23-14/h2-7,9H,8H2,1H3,(H,20,21)/t9-/m0/s1. The van der Waals surface area contributed by atoms with Crippen LogP contribution in [0.1, 0.15) is 17.3 Å². The van der Waals surface area contributed by atoms with Crippen LogP contribution in [0.2, 0.25) is 10.0 Å². The highest BCUT2D eigenvalue weighted by molar-refractivity contribution is 6.35. The van der Waals surface area contributed by atoms with Crippen molar-refractivity contribution in [3.8, 4) is 11.5 Å². The predicted octanol–water partition coefficient (Wildman–Crippen LogP) is 3.91. The van der Waals surface area contributed by atoms with Crippen molar-refractivity contribution >= 4 is 40.8 Å². The van der Waals surface area contributed by atoms with Crippen LogP contribution in [-0.2, 0) is 9.53 Å². The van der Waals surface area contributed by atoms with Crippen molar-refractivity contribution in [2.45, 2.75) is 13.0 Å². The molecule has 0 aliphatic carbocycles. The second-order valence-electron chi connectivity index (χ2n) is 5.23. The molecule has 0 bridgehead atoms. The van der Waals surface area contributed by atoms with Crippen LogP contribution in [0, 0.1) is 0 Å². The number of benzene rings is 2. The molecular formula is C17H13Cl2NO5. The summed E-state index contributed by atoms with van der Waals surface area (Å²) in [5, 5.41) is 3.32. The number of anilines is 1. The minimum Gasteiger partial charge on any atom is -0.454 e. The quantitative estimate of drug-likeness (QED) is 0.812. The van der Waals surface area contributed by atoms with Crippen LogP contribution < -0.4 is 14.8 Å². The van der Waals surface area contributed by atoms with E-state index >= 15 is 0 Å². The first kappa shape index (κ1) is 17.4. The molecule has 6 nitrogen and oxygen atoms in total. The monoisotopic (exact) mass is 381 g/mol. The normalized spacial score (nSPS) is 13.2. The lowest BCUT2D eigenvalue weighted by Gasteiger charge is -2.14. The first-order valence-electron chi connectivity index (χ1n) is 7.30. The van der Waals surface area contributed by atoms with E-state index in [-0.39, 0.29) is 12.4 Å². The van der Waals surface area contributed by atoms with Crippen LogP contribution in [0.4, 0.5) is 5.69 Å². The summed E-state index contributed by atoms with van der Waals surface area (Å²) in [6, 6.07) is 9.31. The minimum atomic E-state index is -1.03. The van der Waals surface area contributed by atoms with Gasteiger partial charge in [-0.15, -0.1) is 0 Å². The maximum atomic E-state index is 12.2. The topological polar surface area (TPSA) is 73.9 Å². The molecule has 1 atom stereocenters. The van der Waals surface area contributed by atoms with Crippen molar-refractivity contribution in [1.82, 2.24) is 0 Å². The largest absolute Gasteiger partial charge is 0.454 e. The SMILES string of the molecule is C[C@H](OC(=O)c1ccc2c(c1)OCO2)C(=O)Nc1cc(Cl)ccc1Cl. The van der Waals surface area contributed by atoms with Crippen molar-refractivity contribution < 1.29 is 23.8 Å². The zero-order valence-corrected chi connectivity index (χ0v) is 14.6. The highest BCUT2D eigenvalue weighted by Crippen LogP contribution is 2.32. The number of amides is 1. The Morgan fingerprint density at radius 1 is 1.12 bits per heavy atom. The molecule has 0 saturated carbocycles. The Bertz CT molecular complexity index is 840. The van der Waals surface area contributed by atoms with Crippen LogP contribution in [0.25, 0.3) is 0 Å². The molecule has 3 rings (SSSR count). The Hall–Kier alpha value is -2.44. The lowest BCUT2D eigenvalue weighted by molar-refractivity contribution is -0.123. The van der Waals surface area contributed by atoms with Crippen molar-refractivity contribution in [2.75, 3.05) is 12.1 Å². The molecule has 0 spiro atoms. The summed E-state index contributed by atoms with van der Waals surface area (Å²) in [6.45, 7) is 1.56. The van der Waals surface area contributed by atoms with Gasteiger partial charge in [0.25, 0.3) is 5.91 Å². The third-order valence-corrected chi connectivity index (χ3v) is 4.01. The van der Waals surface area contributed by atoms with E-state index in [1.807, 2.05) is 0 Å². The van der Waals surface area contributed by atoms with Gasteiger partial charge in [-0.1, -0.05) is 23.2 Å². The van der Waals surface area contributed by atoms with E-state index in [0.717, 1.165) is 0 Å². The van der Waals surface area contributed by atoms with Crippen LogP contribution in [0.15, 0.2) is 36.4 Å². The van der Waals surface area contributed by atoms with Crippen molar-refractivity contribution in [3.63, 3.8) is 0 Å². The summed E-state index contributed by atoms with van der Waals surface area (Å²) < 4.78 is 15.6. The van der Waals surface area contributed by atoms with E-state index in [1.165, 1.54) is 25.1 Å². The Morgan fingerprint density at radius 3 is 2.68 bits per heavy atom. The number of rotatable bonds is 4. The zero-order chi connectivity index (χ0) is 18.0. The first-order chi connectivity index (χ1) is 11.9. The number of carbonyl (C=O) groups excluding carboxylic acids is 2. The number of ether oxygens (including phenoxy) is 3. The highest BCUT2D eigenvalue weighted by atomic mass is 35.5. The lowest BCUT2D eigenvalue weighted by atomic mass is 10.2. The number of esters is 1. The lowest BCUT2D eigenvalue weighted by Crippen LogP contribution is -2.30. The molecule has 0 unspecified atom stereocenters. The Morgan fingerprint density at radius 2 is 1.88 bits per heavy atom. The van der Waals surface area contributed by atoms with E-state index in [9.17, 15) is 9.59 Å². The van der Waals surface area contributed by atoms with Gasteiger partial charge in [0.2, 0.25) is 6.79 Å². The van der Waals surface area contributed by atoms with E-state index in [0.29, 0.717) is 27.2 Å². The van der Waals surface area contributed by atoms with Gasteiger partial charge in [-0.05, 0) is 43.3 Å². The molecule has 1 aliphatic heterocycles. The Kier molecular flexibility index (Phi) is 5.01. The molecule has 0 radical (unpaired) electrons. The molecule has 0 aromatic heterocycles. The van der Waals surface area contributed by atoms with Crippen molar-refractivity contribution in [3.05, 3.63) is 52.0 Å². The third kappa shape index (κ3) is 3.97. The smallest absolute Gasteiger partial charge is 0.339 e. The first-order valence-corrected chi connectivity index (χ1v) is 8.06. The van der Waals surface area contributed by atoms with Gasteiger partial charge in [-0.25, -0.2) is 4.79 Å². The van der Waals surface area contributed by atoms with Gasteiger partial charge in [0.15, 0.2) is 17.6 Å². The summed E-state index contributed by atoms with van der Waals surface area (Å²) in [6.07, 6.45) is -1.03. The Labute approximate surface area is 153 Å². The molecule has 0 fully saturated rings. The molecule has 2 aromatic rings. The average molecular weight is 382 g/mol. The molecule has 1 aliphatic rings. The fraction of sp³-hybridized carbons (Fsp3) is 0.176. The van der Waals surface area contributed by atoms with Gasteiger partial charge in [0.05, 0.1) is 16.3 Å². The molecule has 1 heterocycles. The summed E-state index contributed by atoms with van der Waals surface area (Å²) >= 11 is 11.9. The van der Waals surface area contributed by atoms with Gasteiger partial charge >= 0.3 is 5.97 Å². The van der Waals surface area contributed by atoms with Crippen molar-refractivity contribution in [1.29, 1.82) is 0 Å². The van der Waals surface area contributed by atoms with Gasteiger partial charge in [-0.2, -0.15) is 0 Å². The van der Waals surface area contributed by atoms with Crippen LogP contribution in [0.3, 0.4) is 0 Å². The summed E-state index contributed by atoms with van der Waals surface area (Å²) in [5.41, 5.74) is 0.592. The fourth-order valence-electron chi connectivity index (χ4n) is 2.13. The summed E-state index contributed by atoms with van der Waals surface area (Å²) in [7, 11) is 0. The van der Waals surface area contributed by atoms with Crippen LogP contribution in [-0.4, -0.2) is 24.8 Å². The van der Waals surface area contributed by atoms with Crippen molar-refractivity contribution in [2.24, 2.45) is 0 Å². The van der Waals surface area contributed by atoms with E-state index < -0.39 is 18.0 Å². The number of hydrogen-bond donors (Lipinski definition) is 1. The molecule has 1 N–H and O–H groups in total. The molecule has 130 valence electrons. The van der Waals surface area contributed by atoms with E-state index in [1.54, 1.807) is 18.2 Å². The highest BCUT2D eigenvalue weighted by Gasteiger charge is 2.22. The van der Waals surface area contributed by atoms with Crippen LogP contribution in [0.5, 0.6) is 11.5 Å². The number of halogens is 2. The second-order valence-corrected chi connectivity index (χ2v) is 6.07. The van der Waals surface area contributed by atoms with Gasteiger partial charge < -0.3 is 19.5 Å². The molecule has 25 heavy (non-hydrogen) atoms. The van der Waals surface area contributed by atoms with Gasteiger partial charge in [0, 0.05) is 5.02 Å². The number of carbonyl (C=O) groups is 2. The summed E-state index contributed by atoms with van der Waals surface area (Å²) in [5.74, 6) is -0.174. The predicted molar refractivity (Wildman–Crippen MR) is 92.5 cm³/mol. The summed E-state index contributed by atoms with van der Waals surface area (Å²) in [4.78, 5) is 24.4. The van der Waals surface area contributed by atoms with Gasteiger partial charge in [-0.3, -0.25) is 4.79 Å². The molecule has 1 amide bonds. The molecular weight excluding hydrogens is 369 g/mol. The maximum absolute atomic E-state index is 12.2. The maximum Gasteiger partial charge on any atom is 0.339 e. The van der Waals surface area contributed by atoms with Gasteiger partial charge in [0.1, 0.15) is 0 Å². The molecule has 8 heteroatoms. The third-order valence-electron chi connectivity index (χ3n) is 3.45. The number of hydrogen-bond acceptors (Lipinski definition) is 5. The second kappa shape index (κ2) is 7.21. The Balaban J connectivity index is 1.64. The molecule has 2 aromatic carbocycles. The average Bonchev–Trinajstić information content (AvgIpc) is 3.05. The van der Waals surface area contributed by atoms with E-state index in [4.69, 9.17) is 37.4 Å². The zero-order valence-electron chi connectivity index (χ0n) is 13.0. The number of nitrogens with one attached hydrogen (secondary N) is 1. The molecule has 0 saturated heterocycles. The minimum absolute atomic E-state index is 0.104. The fourth-order valence-corrected chi connectivity index (χ4v) is 2.47. The van der Waals surface area contributed by atoms with E-state index in [2.05, 4.69) is 5.32 Å². The van der Waals surface area contributed by atoms with Crippen LogP contribution >= 0.6 is 23.2 Å².